The summed E-state index contributed by atoms with van der Waals surface area (Å²) in [5.74, 6) is 2.74. The van der Waals surface area contributed by atoms with Gasteiger partial charge in [-0.25, -0.2) is 19.9 Å². The van der Waals surface area contributed by atoms with E-state index in [-0.39, 0.29) is 16.5 Å². The lowest BCUT2D eigenvalue weighted by atomic mass is 9.77. The van der Waals surface area contributed by atoms with Crippen LogP contribution in [0.3, 0.4) is 0 Å². The Morgan fingerprint density at radius 3 is 0.973 bits per heavy atom. The van der Waals surface area contributed by atoms with Gasteiger partial charge >= 0.3 is 7.12 Å². The van der Waals surface area contributed by atoms with Crippen molar-refractivity contribution >= 4 is 112 Å². The van der Waals surface area contributed by atoms with Crippen LogP contribution in [0.2, 0.25) is 5.28 Å². The molecule has 0 spiro atoms. The first-order chi connectivity index (χ1) is 53.8. The number of furan rings is 4. The van der Waals surface area contributed by atoms with Crippen molar-refractivity contribution in [3.8, 4) is 101 Å². The molecule has 7 heterocycles. The highest BCUT2D eigenvalue weighted by atomic mass is 35.5. The Morgan fingerprint density at radius 2 is 0.527 bits per heavy atom. The summed E-state index contributed by atoms with van der Waals surface area (Å²) in [7, 11) is -0.426. The fourth-order valence-corrected chi connectivity index (χ4v) is 14.8. The minimum atomic E-state index is -0.426. The molecule has 0 saturated carbocycles. The molecular weight excluding hydrogens is 1380 g/mol. The molecule has 14 aromatic carbocycles. The number of halogens is 1. The van der Waals surface area contributed by atoms with Gasteiger partial charge in [-0.15, -0.1) is 0 Å². The molecule has 0 bridgehead atoms. The molecule has 0 aliphatic carbocycles. The van der Waals surface area contributed by atoms with Gasteiger partial charge in [0.15, 0.2) is 29.1 Å². The van der Waals surface area contributed by atoms with E-state index in [0.717, 1.165) is 166 Å². The molecule has 6 aromatic heterocycles. The monoisotopic (exact) mass is 1440 g/mol. The maximum Gasteiger partial charge on any atom is 0.494 e. The van der Waals surface area contributed by atoms with Gasteiger partial charge in [-0.2, -0.15) is 9.97 Å². The van der Waals surface area contributed by atoms with Crippen LogP contribution in [0.1, 0.15) is 27.7 Å². The Hall–Kier alpha value is -13.4. The number of para-hydroxylation sites is 4. The van der Waals surface area contributed by atoms with Gasteiger partial charge in [-0.05, 0) is 156 Å². The van der Waals surface area contributed by atoms with Crippen LogP contribution in [-0.4, -0.2) is 48.2 Å². The van der Waals surface area contributed by atoms with Crippen molar-refractivity contribution in [2.75, 3.05) is 0 Å². The van der Waals surface area contributed by atoms with Crippen molar-refractivity contribution in [1.29, 1.82) is 0 Å². The summed E-state index contributed by atoms with van der Waals surface area (Å²) in [6.07, 6.45) is 0. The summed E-state index contributed by atoms with van der Waals surface area (Å²) >= 11 is 6.27. The van der Waals surface area contributed by atoms with E-state index in [2.05, 4.69) is 219 Å². The molecule has 0 N–H and O–H groups in total. The summed E-state index contributed by atoms with van der Waals surface area (Å²) in [6.45, 7) is 8.30. The van der Waals surface area contributed by atoms with Crippen LogP contribution >= 0.6 is 11.6 Å². The third kappa shape index (κ3) is 12.7. The number of fused-ring (bicyclic) bond motifs is 12. The molecule has 1 saturated heterocycles. The van der Waals surface area contributed by atoms with Gasteiger partial charge in [0.25, 0.3) is 0 Å². The van der Waals surface area contributed by atoms with Gasteiger partial charge in [-0.3, -0.25) is 0 Å². The highest BCUT2D eigenvalue weighted by Crippen LogP contribution is 2.44. The minimum absolute atomic E-state index is 0.154. The van der Waals surface area contributed by atoms with Crippen molar-refractivity contribution < 1.29 is 27.0 Å². The van der Waals surface area contributed by atoms with Crippen molar-refractivity contribution in [1.82, 2.24) is 29.9 Å². The Bertz CT molecular complexity index is 6850. The summed E-state index contributed by atoms with van der Waals surface area (Å²) < 4.78 is 37.5. The zero-order valence-electron chi connectivity index (χ0n) is 60.3. The normalized spacial score (nSPS) is 13.2. The smallest absolute Gasteiger partial charge is 0.456 e. The summed E-state index contributed by atoms with van der Waals surface area (Å²) in [5.41, 5.74) is 20.1. The van der Waals surface area contributed by atoms with Crippen molar-refractivity contribution in [3.05, 3.63) is 333 Å². The maximum absolute atomic E-state index is 6.46. The largest absolute Gasteiger partial charge is 0.494 e. The molecule has 0 amide bonds. The number of hydrogen-bond donors (Lipinski definition) is 0. The standard InChI is InChI=1S/C45H27N3O2.C27H16ClN3O.C24H23BO3/c1-3-11-28(12-4-1)29-19-21-31(22-20-29)43-46-44(32-23-24-35-34-15-7-9-17-38(34)49-40(35)26-32)48-45(47-43)33-25-37(30-13-5-2-6-14-30)42-36-16-8-10-18-39(36)50-41(42)27-33;28-27-30-25(19-12-10-18(11-13-19)17-6-2-1-3-7-17)29-26(31-27)20-14-15-22-21-8-4-5-9-23(21)32-24(22)16-20;1-23(2)24(3,4)28-25(27-23)17-14-19(16-10-6-5-7-11-16)22-18-12-8-9-13-20(18)26-21(22)15-17/h1-27H;1-16H;5-15H,1-4H3. The first kappa shape index (κ1) is 67.2. The molecule has 526 valence electrons. The van der Waals surface area contributed by atoms with E-state index in [1.165, 1.54) is 0 Å². The first-order valence-electron chi connectivity index (χ1n) is 36.6. The minimum Gasteiger partial charge on any atom is -0.456 e. The zero-order chi connectivity index (χ0) is 74.0. The highest BCUT2D eigenvalue weighted by Gasteiger charge is 2.52. The Kier molecular flexibility index (Phi) is 16.9. The van der Waals surface area contributed by atoms with Crippen LogP contribution in [0, 0.1) is 0 Å². The predicted molar refractivity (Wildman–Crippen MR) is 445 cm³/mol. The molecular formula is C96H66BClN6O6. The number of nitrogens with zero attached hydrogens (tertiary/aromatic N) is 6. The Morgan fingerprint density at radius 1 is 0.236 bits per heavy atom. The lowest BCUT2D eigenvalue weighted by Gasteiger charge is -2.32. The summed E-state index contributed by atoms with van der Waals surface area (Å²) in [5, 5.41) is 8.82. The van der Waals surface area contributed by atoms with Gasteiger partial charge in [0, 0.05) is 70.9 Å². The third-order valence-corrected chi connectivity index (χ3v) is 21.1. The second-order valence-electron chi connectivity index (χ2n) is 28.4. The topological polar surface area (TPSA) is 148 Å². The van der Waals surface area contributed by atoms with Crippen LogP contribution < -0.4 is 5.46 Å². The van der Waals surface area contributed by atoms with Gasteiger partial charge < -0.3 is 27.0 Å². The van der Waals surface area contributed by atoms with Crippen molar-refractivity contribution in [3.63, 3.8) is 0 Å². The molecule has 0 radical (unpaired) electrons. The second-order valence-corrected chi connectivity index (χ2v) is 28.8. The summed E-state index contributed by atoms with van der Waals surface area (Å²) in [6, 6.07) is 111. The average molecular weight is 1450 g/mol. The van der Waals surface area contributed by atoms with E-state index < -0.39 is 7.12 Å². The van der Waals surface area contributed by atoms with E-state index >= 15 is 0 Å². The molecule has 0 unspecified atom stereocenters. The van der Waals surface area contributed by atoms with Crippen LogP contribution in [-0.2, 0) is 9.31 Å². The zero-order valence-corrected chi connectivity index (χ0v) is 61.0. The highest BCUT2D eigenvalue weighted by molar-refractivity contribution is 6.62. The van der Waals surface area contributed by atoms with Crippen molar-refractivity contribution in [2.24, 2.45) is 0 Å². The molecule has 0 atom stereocenters. The molecule has 20 aromatic rings. The molecule has 1 aliphatic rings. The van der Waals surface area contributed by atoms with E-state index in [4.69, 9.17) is 53.5 Å². The van der Waals surface area contributed by atoms with E-state index in [1.807, 2.05) is 152 Å². The van der Waals surface area contributed by atoms with Crippen LogP contribution in [0.25, 0.3) is 189 Å². The molecule has 12 nitrogen and oxygen atoms in total. The van der Waals surface area contributed by atoms with Crippen LogP contribution in [0.5, 0.6) is 0 Å². The maximum atomic E-state index is 6.46. The third-order valence-electron chi connectivity index (χ3n) is 21.0. The number of benzene rings is 14. The first-order valence-corrected chi connectivity index (χ1v) is 36.9. The molecule has 21 rings (SSSR count). The summed E-state index contributed by atoms with van der Waals surface area (Å²) in [4.78, 5) is 28.7. The molecule has 110 heavy (non-hydrogen) atoms. The molecule has 1 fully saturated rings. The quantitative estimate of drug-likeness (QED) is 0.120. The van der Waals surface area contributed by atoms with E-state index in [1.54, 1.807) is 0 Å². The lowest BCUT2D eigenvalue weighted by Crippen LogP contribution is -2.41. The van der Waals surface area contributed by atoms with Gasteiger partial charge in [0.2, 0.25) is 5.28 Å². The van der Waals surface area contributed by atoms with Crippen molar-refractivity contribution in [2.45, 2.75) is 38.9 Å². The second kappa shape index (κ2) is 27.7. The molecule has 1 aliphatic heterocycles. The fourth-order valence-electron chi connectivity index (χ4n) is 14.7. The fraction of sp³-hybridized carbons (Fsp3) is 0.0625. The van der Waals surface area contributed by atoms with E-state index in [0.29, 0.717) is 29.1 Å². The lowest BCUT2D eigenvalue weighted by molar-refractivity contribution is 0.00578. The van der Waals surface area contributed by atoms with Gasteiger partial charge in [0.1, 0.15) is 44.7 Å². The SMILES string of the molecule is CC1(C)OB(c2cc(-c3ccccc3)c3c(c2)oc2ccccc23)OC1(C)C.Clc1nc(-c2ccc(-c3ccccc3)cc2)nc(-c2ccc3c(c2)oc2ccccc23)n1.c1ccc(-c2ccc(-c3nc(-c4ccc5c(c4)oc4ccccc45)nc(-c4cc(-c5ccccc5)c5c(c4)oc4ccccc45)n3)cc2)cc1. The van der Waals surface area contributed by atoms with Crippen LogP contribution in [0.15, 0.2) is 345 Å². The van der Waals surface area contributed by atoms with Gasteiger partial charge in [0.05, 0.1) is 11.2 Å². The average Bonchev–Trinajstić information content (AvgIpc) is 1.58. The van der Waals surface area contributed by atoms with Crippen LogP contribution in [0.4, 0.5) is 0 Å². The number of aromatic nitrogens is 6. The Labute approximate surface area is 638 Å². The Balaban J connectivity index is 0.000000118. The predicted octanol–water partition coefficient (Wildman–Crippen LogP) is 25.0. The molecule has 14 heteroatoms. The number of rotatable bonds is 10. The van der Waals surface area contributed by atoms with Gasteiger partial charge in [-0.1, -0.05) is 261 Å². The van der Waals surface area contributed by atoms with E-state index in [9.17, 15) is 0 Å². The number of hydrogen-bond acceptors (Lipinski definition) is 12.